The first-order valence-corrected chi connectivity index (χ1v) is 8.37. The van der Waals surface area contributed by atoms with Gasteiger partial charge in [-0.15, -0.1) is 0 Å². The number of hydrogen-bond acceptors (Lipinski definition) is 3. The molecule has 2 aromatic rings. The highest BCUT2D eigenvalue weighted by Crippen LogP contribution is 2.25. The molecule has 0 aliphatic carbocycles. The molecule has 4 nitrogen and oxygen atoms in total. The molecular weight excluding hydrogens is 340 g/mol. The Balaban J connectivity index is 2.30. The molecule has 2 rings (SSSR count). The summed E-state index contributed by atoms with van der Waals surface area (Å²) in [4.78, 5) is 0.0697. The minimum atomic E-state index is -3.68. The number of sulfonamides is 1. The number of nitrogen functional groups attached to an aromatic ring is 1. The average Bonchev–Trinajstić information content (AvgIpc) is 2.38. The summed E-state index contributed by atoms with van der Waals surface area (Å²) in [5.74, 6) is 0. The zero-order chi connectivity index (χ0) is 14.8. The van der Waals surface area contributed by atoms with E-state index in [0.29, 0.717) is 5.69 Å². The van der Waals surface area contributed by atoms with Crippen LogP contribution < -0.4 is 10.5 Å². The maximum absolute atomic E-state index is 12.3. The lowest BCUT2D eigenvalue weighted by atomic mass is 10.2. The largest absolute Gasteiger partial charge is 0.398 e. The highest BCUT2D eigenvalue weighted by molar-refractivity contribution is 9.10. The molecule has 0 atom stereocenters. The zero-order valence-corrected chi connectivity index (χ0v) is 13.3. The second kappa shape index (κ2) is 5.85. The Morgan fingerprint density at radius 2 is 1.80 bits per heavy atom. The van der Waals surface area contributed by atoms with E-state index >= 15 is 0 Å². The lowest BCUT2D eigenvalue weighted by molar-refractivity contribution is 0.601. The monoisotopic (exact) mass is 354 g/mol. The maximum Gasteiger partial charge on any atom is 0.263 e. The van der Waals surface area contributed by atoms with Crippen molar-refractivity contribution in [2.24, 2.45) is 0 Å². The third kappa shape index (κ3) is 3.32. The molecule has 0 fully saturated rings. The van der Waals surface area contributed by atoms with Crippen LogP contribution in [0.5, 0.6) is 0 Å². The number of rotatable bonds is 4. The van der Waals surface area contributed by atoms with Crippen LogP contribution >= 0.6 is 15.9 Å². The first-order valence-electron chi connectivity index (χ1n) is 6.09. The van der Waals surface area contributed by atoms with Gasteiger partial charge in [-0.1, -0.05) is 35.0 Å². The van der Waals surface area contributed by atoms with Crippen LogP contribution in [-0.4, -0.2) is 8.42 Å². The Morgan fingerprint density at radius 3 is 2.35 bits per heavy atom. The van der Waals surface area contributed by atoms with Crippen molar-refractivity contribution in [2.45, 2.75) is 18.2 Å². The van der Waals surface area contributed by atoms with Gasteiger partial charge in [0.25, 0.3) is 10.0 Å². The standard InChI is InChI=1S/C14H15BrN2O2S/c1-2-10-3-6-12(7-4-10)17-20(18,19)14-8-5-11(15)9-13(14)16/h3-9,17H,2,16H2,1H3. The molecule has 0 bridgehead atoms. The van der Waals surface area contributed by atoms with Gasteiger partial charge in [-0.2, -0.15) is 0 Å². The molecule has 0 spiro atoms. The Hall–Kier alpha value is -1.53. The van der Waals surface area contributed by atoms with Crippen molar-refractivity contribution < 1.29 is 8.42 Å². The molecule has 0 unspecified atom stereocenters. The van der Waals surface area contributed by atoms with E-state index in [0.717, 1.165) is 16.5 Å². The molecular formula is C14H15BrN2O2S. The molecule has 0 aromatic heterocycles. The topological polar surface area (TPSA) is 72.2 Å². The fraction of sp³-hybridized carbons (Fsp3) is 0.143. The summed E-state index contributed by atoms with van der Waals surface area (Å²) in [5, 5.41) is 0. The van der Waals surface area contributed by atoms with Gasteiger partial charge in [0.2, 0.25) is 0 Å². The van der Waals surface area contributed by atoms with E-state index in [1.54, 1.807) is 24.3 Å². The third-order valence-corrected chi connectivity index (χ3v) is 4.82. The van der Waals surface area contributed by atoms with Gasteiger partial charge in [0.15, 0.2) is 0 Å². The van der Waals surface area contributed by atoms with Crippen LogP contribution in [-0.2, 0) is 16.4 Å². The number of nitrogens with two attached hydrogens (primary N) is 1. The van der Waals surface area contributed by atoms with Gasteiger partial charge in [0, 0.05) is 10.2 Å². The van der Waals surface area contributed by atoms with Crippen LogP contribution in [0.3, 0.4) is 0 Å². The molecule has 0 aliphatic rings. The molecule has 0 saturated carbocycles. The van der Waals surface area contributed by atoms with Gasteiger partial charge < -0.3 is 5.73 Å². The van der Waals surface area contributed by atoms with Crippen molar-refractivity contribution in [3.8, 4) is 0 Å². The molecule has 0 aliphatic heterocycles. The Bertz CT molecular complexity index is 712. The van der Waals surface area contributed by atoms with Gasteiger partial charge in [0.05, 0.1) is 5.69 Å². The van der Waals surface area contributed by atoms with E-state index in [1.165, 1.54) is 6.07 Å². The zero-order valence-electron chi connectivity index (χ0n) is 10.9. The number of anilines is 2. The van der Waals surface area contributed by atoms with Gasteiger partial charge in [-0.25, -0.2) is 8.42 Å². The number of nitrogens with one attached hydrogen (secondary N) is 1. The van der Waals surface area contributed by atoms with E-state index in [1.807, 2.05) is 19.1 Å². The SMILES string of the molecule is CCc1ccc(NS(=O)(=O)c2ccc(Br)cc2N)cc1. The average molecular weight is 355 g/mol. The molecule has 0 radical (unpaired) electrons. The van der Waals surface area contributed by atoms with Crippen LogP contribution in [0.1, 0.15) is 12.5 Å². The summed E-state index contributed by atoms with van der Waals surface area (Å²) in [6.45, 7) is 2.04. The Kier molecular flexibility index (Phi) is 4.35. The first-order chi connectivity index (χ1) is 9.42. The van der Waals surface area contributed by atoms with Crippen molar-refractivity contribution in [1.82, 2.24) is 0 Å². The van der Waals surface area contributed by atoms with Crippen molar-refractivity contribution in [2.75, 3.05) is 10.5 Å². The first kappa shape index (κ1) is 14.9. The summed E-state index contributed by atoms with van der Waals surface area (Å²) in [5.41, 5.74) is 7.63. The van der Waals surface area contributed by atoms with Crippen molar-refractivity contribution in [3.63, 3.8) is 0 Å². The van der Waals surface area contributed by atoms with Gasteiger partial charge in [0.1, 0.15) is 4.90 Å². The molecule has 20 heavy (non-hydrogen) atoms. The molecule has 3 N–H and O–H groups in total. The van der Waals surface area contributed by atoms with Crippen molar-refractivity contribution in [3.05, 3.63) is 52.5 Å². The van der Waals surface area contributed by atoms with E-state index in [2.05, 4.69) is 20.7 Å². The van der Waals surface area contributed by atoms with Crippen molar-refractivity contribution >= 4 is 37.3 Å². The fourth-order valence-electron chi connectivity index (χ4n) is 1.78. The number of aryl methyl sites for hydroxylation is 1. The molecule has 0 amide bonds. The highest BCUT2D eigenvalue weighted by Gasteiger charge is 2.17. The lowest BCUT2D eigenvalue weighted by Gasteiger charge is -2.10. The van der Waals surface area contributed by atoms with Crippen LogP contribution in [0.25, 0.3) is 0 Å². The predicted octanol–water partition coefficient (Wildman–Crippen LogP) is 3.39. The number of hydrogen-bond donors (Lipinski definition) is 2. The smallest absolute Gasteiger partial charge is 0.263 e. The molecule has 0 saturated heterocycles. The summed E-state index contributed by atoms with van der Waals surface area (Å²) in [6, 6.07) is 11.9. The highest BCUT2D eigenvalue weighted by atomic mass is 79.9. The molecule has 0 heterocycles. The van der Waals surface area contributed by atoms with Crippen LogP contribution in [0, 0.1) is 0 Å². The Morgan fingerprint density at radius 1 is 1.15 bits per heavy atom. The van der Waals surface area contributed by atoms with E-state index in [-0.39, 0.29) is 10.6 Å². The molecule has 6 heteroatoms. The molecule has 106 valence electrons. The van der Waals surface area contributed by atoms with Crippen LogP contribution in [0.4, 0.5) is 11.4 Å². The molecule has 2 aromatic carbocycles. The number of halogens is 1. The second-order valence-corrected chi connectivity index (χ2v) is 6.90. The van der Waals surface area contributed by atoms with Crippen LogP contribution in [0.2, 0.25) is 0 Å². The summed E-state index contributed by atoms with van der Waals surface area (Å²) >= 11 is 3.25. The van der Waals surface area contributed by atoms with E-state index < -0.39 is 10.0 Å². The van der Waals surface area contributed by atoms with Crippen LogP contribution in [0.15, 0.2) is 51.8 Å². The Labute approximate surface area is 127 Å². The summed E-state index contributed by atoms with van der Waals surface area (Å²) in [7, 11) is -3.68. The minimum absolute atomic E-state index is 0.0697. The third-order valence-electron chi connectivity index (χ3n) is 2.88. The predicted molar refractivity (Wildman–Crippen MR) is 85.2 cm³/mol. The van der Waals surface area contributed by atoms with Crippen molar-refractivity contribution in [1.29, 1.82) is 0 Å². The fourth-order valence-corrected chi connectivity index (χ4v) is 3.33. The van der Waals surface area contributed by atoms with Gasteiger partial charge in [-0.3, -0.25) is 4.72 Å². The number of benzene rings is 2. The van der Waals surface area contributed by atoms with E-state index in [4.69, 9.17) is 5.73 Å². The summed E-state index contributed by atoms with van der Waals surface area (Å²) in [6.07, 6.45) is 0.909. The maximum atomic E-state index is 12.3. The summed E-state index contributed by atoms with van der Waals surface area (Å²) < 4.78 is 27.8. The minimum Gasteiger partial charge on any atom is -0.398 e. The lowest BCUT2D eigenvalue weighted by Crippen LogP contribution is -2.14. The van der Waals surface area contributed by atoms with E-state index in [9.17, 15) is 8.42 Å². The normalized spacial score (nSPS) is 11.3. The second-order valence-electron chi connectivity index (χ2n) is 4.34. The van der Waals surface area contributed by atoms with Gasteiger partial charge >= 0.3 is 0 Å². The quantitative estimate of drug-likeness (QED) is 0.826. The van der Waals surface area contributed by atoms with Gasteiger partial charge in [-0.05, 0) is 42.3 Å².